The van der Waals surface area contributed by atoms with Crippen LogP contribution in [0.1, 0.15) is 18.4 Å². The van der Waals surface area contributed by atoms with Crippen molar-refractivity contribution in [2.45, 2.75) is 26.3 Å². The largest absolute Gasteiger partial charge is 0.497 e. The Bertz CT molecular complexity index is 514. The van der Waals surface area contributed by atoms with Gasteiger partial charge in [0.1, 0.15) is 11.6 Å². The van der Waals surface area contributed by atoms with E-state index in [2.05, 4.69) is 9.97 Å². The number of aromatic amines is 1. The van der Waals surface area contributed by atoms with Crippen LogP contribution in [0.3, 0.4) is 0 Å². The summed E-state index contributed by atoms with van der Waals surface area (Å²) in [7, 11) is 1.66. The predicted octanol–water partition coefficient (Wildman–Crippen LogP) is 2.28. The van der Waals surface area contributed by atoms with Crippen molar-refractivity contribution < 1.29 is 4.74 Å². The van der Waals surface area contributed by atoms with Crippen LogP contribution >= 0.6 is 0 Å². The SMILES string of the molecule is COc1ccc(-c2nc(CC(C)N)[nH]c2C)cc1. The molecule has 1 unspecified atom stereocenters. The first-order valence-corrected chi connectivity index (χ1v) is 6.05. The highest BCUT2D eigenvalue weighted by molar-refractivity contribution is 5.62. The first kappa shape index (κ1) is 12.6. The number of nitrogens with two attached hydrogens (primary N) is 1. The van der Waals surface area contributed by atoms with Gasteiger partial charge in [0.05, 0.1) is 12.8 Å². The Hall–Kier alpha value is -1.81. The number of rotatable bonds is 4. The summed E-state index contributed by atoms with van der Waals surface area (Å²) in [6.45, 7) is 4.00. The third kappa shape index (κ3) is 2.71. The minimum Gasteiger partial charge on any atom is -0.497 e. The predicted molar refractivity (Wildman–Crippen MR) is 72.7 cm³/mol. The normalized spacial score (nSPS) is 12.4. The number of methoxy groups -OCH3 is 1. The minimum absolute atomic E-state index is 0.110. The summed E-state index contributed by atoms with van der Waals surface area (Å²) in [4.78, 5) is 7.88. The third-order valence-electron chi connectivity index (χ3n) is 2.81. The van der Waals surface area contributed by atoms with E-state index in [-0.39, 0.29) is 6.04 Å². The molecule has 0 radical (unpaired) electrons. The average molecular weight is 245 g/mol. The number of ether oxygens (including phenoxy) is 1. The Kier molecular flexibility index (Phi) is 3.67. The van der Waals surface area contributed by atoms with Gasteiger partial charge in [0.2, 0.25) is 0 Å². The quantitative estimate of drug-likeness (QED) is 0.868. The molecule has 4 nitrogen and oxygen atoms in total. The molecule has 2 rings (SSSR count). The van der Waals surface area contributed by atoms with Crippen molar-refractivity contribution in [3.05, 3.63) is 35.8 Å². The average Bonchev–Trinajstić information content (AvgIpc) is 2.69. The Morgan fingerprint density at radius 2 is 2.00 bits per heavy atom. The van der Waals surface area contributed by atoms with Crippen LogP contribution in [-0.2, 0) is 6.42 Å². The van der Waals surface area contributed by atoms with Gasteiger partial charge in [0.15, 0.2) is 0 Å². The number of aryl methyl sites for hydroxylation is 1. The Morgan fingerprint density at radius 1 is 1.33 bits per heavy atom. The van der Waals surface area contributed by atoms with Gasteiger partial charge >= 0.3 is 0 Å². The Balaban J connectivity index is 2.29. The molecule has 96 valence electrons. The van der Waals surface area contributed by atoms with E-state index < -0.39 is 0 Å². The van der Waals surface area contributed by atoms with Gasteiger partial charge in [-0.1, -0.05) is 0 Å². The van der Waals surface area contributed by atoms with E-state index in [4.69, 9.17) is 10.5 Å². The molecule has 1 heterocycles. The smallest absolute Gasteiger partial charge is 0.118 e. The molecule has 0 fully saturated rings. The van der Waals surface area contributed by atoms with Crippen molar-refractivity contribution in [2.75, 3.05) is 7.11 Å². The lowest BCUT2D eigenvalue weighted by Crippen LogP contribution is -2.18. The van der Waals surface area contributed by atoms with Gasteiger partial charge in [-0.05, 0) is 38.1 Å². The molecule has 0 amide bonds. The highest BCUT2D eigenvalue weighted by atomic mass is 16.5. The number of benzene rings is 1. The molecule has 1 aromatic heterocycles. The van der Waals surface area contributed by atoms with Crippen molar-refractivity contribution >= 4 is 0 Å². The van der Waals surface area contributed by atoms with Crippen LogP contribution in [-0.4, -0.2) is 23.1 Å². The van der Waals surface area contributed by atoms with E-state index >= 15 is 0 Å². The monoisotopic (exact) mass is 245 g/mol. The maximum absolute atomic E-state index is 5.78. The van der Waals surface area contributed by atoms with Crippen LogP contribution in [0, 0.1) is 6.92 Å². The molecule has 4 heteroatoms. The lowest BCUT2D eigenvalue weighted by Gasteiger charge is -2.02. The molecule has 3 N–H and O–H groups in total. The summed E-state index contributed by atoms with van der Waals surface area (Å²) in [5, 5.41) is 0. The van der Waals surface area contributed by atoms with E-state index in [1.165, 1.54) is 0 Å². The van der Waals surface area contributed by atoms with Crippen LogP contribution in [0.15, 0.2) is 24.3 Å². The second kappa shape index (κ2) is 5.23. The molecular formula is C14H19N3O. The number of aromatic nitrogens is 2. The van der Waals surface area contributed by atoms with Gasteiger partial charge in [-0.25, -0.2) is 4.98 Å². The lowest BCUT2D eigenvalue weighted by atomic mass is 10.1. The van der Waals surface area contributed by atoms with E-state index in [0.29, 0.717) is 0 Å². The minimum atomic E-state index is 0.110. The highest BCUT2D eigenvalue weighted by Gasteiger charge is 2.10. The number of nitrogens with one attached hydrogen (secondary N) is 1. The van der Waals surface area contributed by atoms with Gasteiger partial charge in [0.25, 0.3) is 0 Å². The second-order valence-electron chi connectivity index (χ2n) is 4.57. The summed E-state index contributed by atoms with van der Waals surface area (Å²) in [6.07, 6.45) is 0.761. The number of H-pyrrole nitrogens is 1. The zero-order valence-corrected chi connectivity index (χ0v) is 11.0. The van der Waals surface area contributed by atoms with Crippen molar-refractivity contribution in [3.63, 3.8) is 0 Å². The van der Waals surface area contributed by atoms with E-state index in [1.807, 2.05) is 38.1 Å². The topological polar surface area (TPSA) is 63.9 Å². The summed E-state index contributed by atoms with van der Waals surface area (Å²) in [6, 6.07) is 8.01. The fourth-order valence-electron chi connectivity index (χ4n) is 1.95. The lowest BCUT2D eigenvalue weighted by molar-refractivity contribution is 0.415. The van der Waals surface area contributed by atoms with E-state index in [0.717, 1.165) is 34.9 Å². The summed E-state index contributed by atoms with van der Waals surface area (Å²) < 4.78 is 5.15. The zero-order chi connectivity index (χ0) is 13.1. The first-order chi connectivity index (χ1) is 8.60. The maximum atomic E-state index is 5.78. The molecule has 0 bridgehead atoms. The molecular weight excluding hydrogens is 226 g/mol. The fourth-order valence-corrected chi connectivity index (χ4v) is 1.95. The third-order valence-corrected chi connectivity index (χ3v) is 2.81. The van der Waals surface area contributed by atoms with Crippen LogP contribution in [0.2, 0.25) is 0 Å². The highest BCUT2D eigenvalue weighted by Crippen LogP contribution is 2.23. The van der Waals surface area contributed by atoms with Crippen LogP contribution in [0.4, 0.5) is 0 Å². The molecule has 1 atom stereocenters. The maximum Gasteiger partial charge on any atom is 0.118 e. The molecule has 0 saturated carbocycles. The van der Waals surface area contributed by atoms with Gasteiger partial charge in [0, 0.05) is 23.7 Å². The summed E-state index contributed by atoms with van der Waals surface area (Å²) >= 11 is 0. The van der Waals surface area contributed by atoms with Crippen LogP contribution < -0.4 is 10.5 Å². The molecule has 1 aromatic carbocycles. The van der Waals surface area contributed by atoms with Gasteiger partial charge < -0.3 is 15.5 Å². The van der Waals surface area contributed by atoms with E-state index in [1.54, 1.807) is 7.11 Å². The molecule has 0 spiro atoms. The second-order valence-corrected chi connectivity index (χ2v) is 4.57. The van der Waals surface area contributed by atoms with Crippen molar-refractivity contribution in [2.24, 2.45) is 5.73 Å². The van der Waals surface area contributed by atoms with Crippen LogP contribution in [0.5, 0.6) is 5.75 Å². The number of hydrogen-bond donors (Lipinski definition) is 2. The molecule has 2 aromatic rings. The van der Waals surface area contributed by atoms with Gasteiger partial charge in [-0.15, -0.1) is 0 Å². The number of nitrogens with zero attached hydrogens (tertiary/aromatic N) is 1. The molecule has 0 aliphatic rings. The summed E-state index contributed by atoms with van der Waals surface area (Å²) in [5.74, 6) is 1.79. The van der Waals surface area contributed by atoms with Gasteiger partial charge in [-0.2, -0.15) is 0 Å². The number of hydrogen-bond acceptors (Lipinski definition) is 3. The number of imidazole rings is 1. The fraction of sp³-hybridized carbons (Fsp3) is 0.357. The zero-order valence-electron chi connectivity index (χ0n) is 11.0. The molecule has 0 aliphatic heterocycles. The van der Waals surface area contributed by atoms with Crippen molar-refractivity contribution in [3.8, 4) is 17.0 Å². The van der Waals surface area contributed by atoms with Crippen molar-refractivity contribution in [1.82, 2.24) is 9.97 Å². The summed E-state index contributed by atoms with van der Waals surface area (Å²) in [5.41, 5.74) is 8.91. The van der Waals surface area contributed by atoms with Crippen LogP contribution in [0.25, 0.3) is 11.3 Å². The van der Waals surface area contributed by atoms with Crippen molar-refractivity contribution in [1.29, 1.82) is 0 Å². The van der Waals surface area contributed by atoms with Gasteiger partial charge in [-0.3, -0.25) is 0 Å². The molecule has 18 heavy (non-hydrogen) atoms. The molecule has 0 saturated heterocycles. The standard InChI is InChI=1S/C14H19N3O/c1-9(15)8-13-16-10(2)14(17-13)11-4-6-12(18-3)7-5-11/h4-7,9H,8,15H2,1-3H3,(H,16,17). The molecule has 0 aliphatic carbocycles. The Labute approximate surface area is 107 Å². The first-order valence-electron chi connectivity index (χ1n) is 6.05. The van der Waals surface area contributed by atoms with E-state index in [9.17, 15) is 0 Å². The Morgan fingerprint density at radius 3 is 2.56 bits per heavy atom.